The summed E-state index contributed by atoms with van der Waals surface area (Å²) < 4.78 is 4.85. The molecule has 0 spiro atoms. The van der Waals surface area contributed by atoms with Crippen molar-refractivity contribution >= 4 is 12.0 Å². The van der Waals surface area contributed by atoms with Gasteiger partial charge in [-0.1, -0.05) is 6.92 Å². The molecule has 0 aromatic heterocycles. The van der Waals surface area contributed by atoms with Gasteiger partial charge in [-0.3, -0.25) is 0 Å². The first-order valence-corrected chi connectivity index (χ1v) is 6.34. The molecule has 0 radical (unpaired) electrons. The molecule has 1 aliphatic rings. The number of urea groups is 1. The zero-order valence-corrected chi connectivity index (χ0v) is 11.0. The van der Waals surface area contributed by atoms with E-state index < -0.39 is 5.97 Å². The number of carboxylic acid groups (broad SMARTS) is 1. The average molecular weight is 258 g/mol. The van der Waals surface area contributed by atoms with Gasteiger partial charge < -0.3 is 20.1 Å². The number of ether oxygens (including phenoxy) is 1. The van der Waals surface area contributed by atoms with Gasteiger partial charge in [-0.2, -0.15) is 0 Å². The number of piperidine rings is 1. The van der Waals surface area contributed by atoms with E-state index in [9.17, 15) is 9.59 Å². The van der Waals surface area contributed by atoms with Gasteiger partial charge in [-0.25, -0.2) is 9.59 Å². The minimum absolute atomic E-state index is 0.0898. The molecule has 0 aliphatic carbocycles. The van der Waals surface area contributed by atoms with E-state index in [0.717, 1.165) is 19.4 Å². The molecule has 0 saturated carbocycles. The number of amides is 2. The first-order chi connectivity index (χ1) is 8.50. The Kier molecular flexibility index (Phi) is 5.91. The van der Waals surface area contributed by atoms with Crippen LogP contribution < -0.4 is 5.32 Å². The van der Waals surface area contributed by atoms with Crippen molar-refractivity contribution in [3.8, 4) is 0 Å². The molecule has 104 valence electrons. The van der Waals surface area contributed by atoms with Gasteiger partial charge in [-0.05, 0) is 25.7 Å². The molecule has 18 heavy (non-hydrogen) atoms. The second kappa shape index (κ2) is 7.20. The molecule has 2 N–H and O–H groups in total. The van der Waals surface area contributed by atoms with E-state index in [1.54, 1.807) is 0 Å². The number of likely N-dealkylation sites (tertiary alicyclic amines) is 1. The molecule has 6 nitrogen and oxygen atoms in total. The van der Waals surface area contributed by atoms with Crippen LogP contribution in [0.4, 0.5) is 4.79 Å². The first-order valence-electron chi connectivity index (χ1n) is 6.34. The standard InChI is InChI=1S/C12H22N2O4/c1-9-3-4-10(2)14(7-9)12(17)13-5-6-18-8-11(15)16/h9-10H,3-8H2,1-2H3,(H,13,17)(H,15,16). The van der Waals surface area contributed by atoms with Crippen molar-refractivity contribution in [3.05, 3.63) is 0 Å². The molecule has 1 heterocycles. The number of hydrogen-bond acceptors (Lipinski definition) is 3. The van der Waals surface area contributed by atoms with Crippen molar-refractivity contribution in [2.75, 3.05) is 26.3 Å². The van der Waals surface area contributed by atoms with E-state index >= 15 is 0 Å². The average Bonchev–Trinajstić information content (AvgIpc) is 2.31. The fourth-order valence-corrected chi connectivity index (χ4v) is 2.06. The maximum Gasteiger partial charge on any atom is 0.329 e. The van der Waals surface area contributed by atoms with Crippen LogP contribution in [0.2, 0.25) is 0 Å². The molecule has 1 fully saturated rings. The summed E-state index contributed by atoms with van der Waals surface area (Å²) in [6.07, 6.45) is 2.19. The fourth-order valence-electron chi connectivity index (χ4n) is 2.06. The highest BCUT2D eigenvalue weighted by atomic mass is 16.5. The van der Waals surface area contributed by atoms with Crippen LogP contribution in [0.3, 0.4) is 0 Å². The van der Waals surface area contributed by atoms with Crippen molar-refractivity contribution in [2.24, 2.45) is 5.92 Å². The first kappa shape index (κ1) is 14.8. The number of carboxylic acids is 1. The van der Waals surface area contributed by atoms with Gasteiger partial charge in [-0.15, -0.1) is 0 Å². The van der Waals surface area contributed by atoms with Crippen LogP contribution in [0, 0.1) is 5.92 Å². The highest BCUT2D eigenvalue weighted by Gasteiger charge is 2.26. The summed E-state index contributed by atoms with van der Waals surface area (Å²) in [5.74, 6) is -0.463. The Morgan fingerprint density at radius 1 is 1.39 bits per heavy atom. The summed E-state index contributed by atoms with van der Waals surface area (Å²) in [4.78, 5) is 23.9. The maximum absolute atomic E-state index is 11.9. The van der Waals surface area contributed by atoms with Crippen molar-refractivity contribution in [1.82, 2.24) is 10.2 Å². The van der Waals surface area contributed by atoms with Crippen LogP contribution in [0.25, 0.3) is 0 Å². The number of nitrogens with one attached hydrogen (secondary N) is 1. The quantitative estimate of drug-likeness (QED) is 0.719. The number of nitrogens with zero attached hydrogens (tertiary/aromatic N) is 1. The Labute approximate surface area is 107 Å². The second-order valence-electron chi connectivity index (χ2n) is 4.86. The number of carbonyl (C=O) groups excluding carboxylic acids is 1. The Morgan fingerprint density at radius 2 is 2.11 bits per heavy atom. The molecule has 0 aromatic carbocycles. The maximum atomic E-state index is 11.9. The summed E-state index contributed by atoms with van der Waals surface area (Å²) >= 11 is 0. The molecular weight excluding hydrogens is 236 g/mol. The summed E-state index contributed by atoms with van der Waals surface area (Å²) in [5, 5.41) is 11.1. The van der Waals surface area contributed by atoms with Crippen molar-refractivity contribution < 1.29 is 19.4 Å². The van der Waals surface area contributed by atoms with Crippen LogP contribution in [-0.4, -0.2) is 54.4 Å². The minimum Gasteiger partial charge on any atom is -0.480 e. The van der Waals surface area contributed by atoms with E-state index in [0.29, 0.717) is 12.5 Å². The molecule has 2 unspecified atom stereocenters. The Hall–Kier alpha value is -1.30. The number of hydrogen-bond donors (Lipinski definition) is 2. The molecule has 2 amide bonds. The third-order valence-electron chi connectivity index (χ3n) is 3.13. The largest absolute Gasteiger partial charge is 0.480 e. The summed E-state index contributed by atoms with van der Waals surface area (Å²) in [5.41, 5.74) is 0. The van der Waals surface area contributed by atoms with Crippen molar-refractivity contribution in [1.29, 1.82) is 0 Å². The number of carbonyl (C=O) groups is 2. The molecular formula is C12H22N2O4. The Balaban J connectivity index is 2.21. The van der Waals surface area contributed by atoms with Crippen LogP contribution in [0.15, 0.2) is 0 Å². The third-order valence-corrected chi connectivity index (χ3v) is 3.13. The predicted molar refractivity (Wildman–Crippen MR) is 66.4 cm³/mol. The topological polar surface area (TPSA) is 78.9 Å². The third kappa shape index (κ3) is 4.91. The van der Waals surface area contributed by atoms with Gasteiger partial charge in [0.25, 0.3) is 0 Å². The normalized spacial score (nSPS) is 23.8. The Bertz CT molecular complexity index is 296. The molecule has 6 heteroatoms. The SMILES string of the molecule is CC1CCC(C)N(C(=O)NCCOCC(=O)O)C1. The van der Waals surface area contributed by atoms with Crippen LogP contribution in [0.5, 0.6) is 0 Å². The Morgan fingerprint density at radius 3 is 2.78 bits per heavy atom. The highest BCUT2D eigenvalue weighted by Crippen LogP contribution is 2.20. The van der Waals surface area contributed by atoms with Gasteiger partial charge in [0.15, 0.2) is 0 Å². The molecule has 0 bridgehead atoms. The molecule has 1 saturated heterocycles. The number of rotatable bonds is 5. The summed E-state index contributed by atoms with van der Waals surface area (Å²) in [6, 6.07) is 0.175. The molecule has 0 aromatic rings. The van der Waals surface area contributed by atoms with Gasteiger partial charge in [0.05, 0.1) is 6.61 Å². The fraction of sp³-hybridized carbons (Fsp3) is 0.833. The summed E-state index contributed by atoms with van der Waals surface area (Å²) in [7, 11) is 0. The lowest BCUT2D eigenvalue weighted by molar-refractivity contribution is -0.142. The molecule has 2 atom stereocenters. The van der Waals surface area contributed by atoms with E-state index in [4.69, 9.17) is 9.84 Å². The van der Waals surface area contributed by atoms with Gasteiger partial charge in [0.1, 0.15) is 6.61 Å². The summed E-state index contributed by atoms with van der Waals surface area (Å²) in [6.45, 7) is 5.20. The lowest BCUT2D eigenvalue weighted by Crippen LogP contribution is -2.50. The van der Waals surface area contributed by atoms with Crippen LogP contribution >= 0.6 is 0 Å². The van der Waals surface area contributed by atoms with Gasteiger partial charge in [0, 0.05) is 19.1 Å². The zero-order chi connectivity index (χ0) is 13.5. The predicted octanol–water partition coefficient (Wildman–Crippen LogP) is 0.918. The zero-order valence-electron chi connectivity index (χ0n) is 11.0. The van der Waals surface area contributed by atoms with Crippen LogP contribution in [-0.2, 0) is 9.53 Å². The molecule has 1 rings (SSSR count). The highest BCUT2D eigenvalue weighted by molar-refractivity contribution is 5.74. The van der Waals surface area contributed by atoms with Gasteiger partial charge >= 0.3 is 12.0 Å². The second-order valence-corrected chi connectivity index (χ2v) is 4.86. The lowest BCUT2D eigenvalue weighted by Gasteiger charge is -2.36. The van der Waals surface area contributed by atoms with E-state index in [-0.39, 0.29) is 25.3 Å². The lowest BCUT2D eigenvalue weighted by atomic mass is 9.95. The smallest absolute Gasteiger partial charge is 0.329 e. The minimum atomic E-state index is -1.00. The van der Waals surface area contributed by atoms with Crippen LogP contribution in [0.1, 0.15) is 26.7 Å². The molecule has 1 aliphatic heterocycles. The number of aliphatic carboxylic acids is 1. The van der Waals surface area contributed by atoms with Crippen molar-refractivity contribution in [3.63, 3.8) is 0 Å². The van der Waals surface area contributed by atoms with Crippen molar-refractivity contribution in [2.45, 2.75) is 32.7 Å². The van der Waals surface area contributed by atoms with Gasteiger partial charge in [0.2, 0.25) is 0 Å². The van der Waals surface area contributed by atoms with E-state index in [1.165, 1.54) is 0 Å². The van der Waals surface area contributed by atoms with E-state index in [2.05, 4.69) is 12.2 Å². The monoisotopic (exact) mass is 258 g/mol. The van der Waals surface area contributed by atoms with E-state index in [1.807, 2.05) is 11.8 Å².